The molecule has 0 bridgehead atoms. The number of amides is 1. The second-order valence-corrected chi connectivity index (χ2v) is 11.5. The van der Waals surface area contributed by atoms with Gasteiger partial charge < -0.3 is 14.3 Å². The van der Waals surface area contributed by atoms with Gasteiger partial charge in [-0.2, -0.15) is 5.26 Å². The summed E-state index contributed by atoms with van der Waals surface area (Å²) in [5, 5.41) is 14.0. The van der Waals surface area contributed by atoms with Gasteiger partial charge in [0.1, 0.15) is 17.3 Å². The van der Waals surface area contributed by atoms with Crippen LogP contribution >= 0.6 is 11.3 Å². The maximum Gasteiger partial charge on any atom is 0.255 e. The van der Waals surface area contributed by atoms with Crippen LogP contribution in [0, 0.1) is 22.7 Å². The van der Waals surface area contributed by atoms with Crippen molar-refractivity contribution in [2.75, 3.05) is 0 Å². The molecule has 1 amide bonds. The van der Waals surface area contributed by atoms with E-state index < -0.39 is 0 Å². The molecule has 3 aromatic heterocycles. The average Bonchev–Trinajstić information content (AvgIpc) is 3.58. The molecule has 0 saturated heterocycles. The minimum absolute atomic E-state index is 0.114. The maximum absolute atomic E-state index is 13.4. The van der Waals surface area contributed by atoms with Crippen molar-refractivity contribution < 1.29 is 9.21 Å². The van der Waals surface area contributed by atoms with Crippen LogP contribution in [0.4, 0.5) is 5.00 Å². The molecule has 3 heterocycles. The molecule has 184 valence electrons. The molecule has 4 aromatic rings. The highest BCUT2D eigenvalue weighted by Gasteiger charge is 2.33. The van der Waals surface area contributed by atoms with Crippen LogP contribution in [0.25, 0.3) is 10.9 Å². The number of benzene rings is 1. The van der Waals surface area contributed by atoms with Crippen molar-refractivity contribution in [1.29, 1.82) is 5.26 Å². The van der Waals surface area contributed by atoms with E-state index in [1.54, 1.807) is 17.6 Å². The third-order valence-corrected chi connectivity index (χ3v) is 8.25. The fraction of sp³-hybridized carbons (Fsp3) is 0.345. The second-order valence-electron chi connectivity index (χ2n) is 10.4. The number of nitrogens with one attached hydrogen (secondary N) is 1. The molecule has 0 aliphatic heterocycles. The molecular weight excluding hydrogens is 468 g/mol. The SMILES string of the molecule is CC(C)(C)[C@@H]1CCc2c(sc(N=Cc3cn(CC#N)c4ccccc34)c2C(=O)NCc2ccco2)C1. The summed E-state index contributed by atoms with van der Waals surface area (Å²) in [5.41, 5.74) is 3.97. The zero-order chi connectivity index (χ0) is 25.3. The fourth-order valence-corrected chi connectivity index (χ4v) is 6.29. The van der Waals surface area contributed by atoms with Crippen LogP contribution in [0.2, 0.25) is 0 Å². The monoisotopic (exact) mass is 498 g/mol. The van der Waals surface area contributed by atoms with Crippen molar-refractivity contribution >= 4 is 39.4 Å². The van der Waals surface area contributed by atoms with Crippen molar-refractivity contribution in [3.05, 3.63) is 76.2 Å². The Morgan fingerprint density at radius 3 is 2.89 bits per heavy atom. The summed E-state index contributed by atoms with van der Waals surface area (Å²) in [6, 6.07) is 13.9. The molecule has 0 unspecified atom stereocenters. The molecule has 1 aliphatic rings. The summed E-state index contributed by atoms with van der Waals surface area (Å²) in [5.74, 6) is 1.18. The first-order valence-corrected chi connectivity index (χ1v) is 13.1. The lowest BCUT2D eigenvalue weighted by atomic mass is 9.72. The molecule has 1 N–H and O–H groups in total. The molecule has 6 nitrogen and oxygen atoms in total. The van der Waals surface area contributed by atoms with E-state index in [2.05, 4.69) is 32.2 Å². The zero-order valence-electron chi connectivity index (χ0n) is 20.9. The minimum Gasteiger partial charge on any atom is -0.467 e. The molecule has 0 spiro atoms. The molecule has 7 heteroatoms. The molecule has 1 aliphatic carbocycles. The van der Waals surface area contributed by atoms with Crippen molar-refractivity contribution in [1.82, 2.24) is 9.88 Å². The Kier molecular flexibility index (Phi) is 6.55. The predicted molar refractivity (Wildman–Crippen MR) is 144 cm³/mol. The quantitative estimate of drug-likeness (QED) is 0.302. The number of fused-ring (bicyclic) bond motifs is 2. The Hall–Kier alpha value is -3.63. The molecule has 0 saturated carbocycles. The van der Waals surface area contributed by atoms with Crippen molar-refractivity contribution in [3.8, 4) is 6.07 Å². The number of hydrogen-bond acceptors (Lipinski definition) is 5. The number of aromatic nitrogens is 1. The summed E-state index contributed by atoms with van der Waals surface area (Å²) in [6.45, 7) is 7.50. The Morgan fingerprint density at radius 1 is 1.31 bits per heavy atom. The Morgan fingerprint density at radius 2 is 2.14 bits per heavy atom. The zero-order valence-corrected chi connectivity index (χ0v) is 21.7. The minimum atomic E-state index is -0.114. The Bertz CT molecular complexity index is 1460. The molecule has 0 radical (unpaired) electrons. The highest BCUT2D eigenvalue weighted by atomic mass is 32.1. The first-order valence-electron chi connectivity index (χ1n) is 12.3. The molecule has 1 aromatic carbocycles. The molecule has 1 atom stereocenters. The van der Waals surface area contributed by atoms with E-state index in [1.807, 2.05) is 53.4 Å². The van der Waals surface area contributed by atoms with Crippen LogP contribution in [0.1, 0.15) is 59.3 Å². The van der Waals surface area contributed by atoms with Crippen LogP contribution < -0.4 is 5.32 Å². The van der Waals surface area contributed by atoms with Crippen LogP contribution in [0.15, 0.2) is 58.3 Å². The third kappa shape index (κ3) is 4.74. The van der Waals surface area contributed by atoms with Crippen molar-refractivity contribution in [2.45, 2.75) is 53.1 Å². The summed E-state index contributed by atoms with van der Waals surface area (Å²) in [6.07, 6.45) is 8.32. The van der Waals surface area contributed by atoms with Crippen LogP contribution in [-0.2, 0) is 25.9 Å². The van der Waals surface area contributed by atoms with Gasteiger partial charge in [-0.3, -0.25) is 4.79 Å². The number of thiophene rings is 1. The first kappa shape index (κ1) is 24.1. The van der Waals surface area contributed by atoms with E-state index in [1.165, 1.54) is 4.88 Å². The number of hydrogen-bond donors (Lipinski definition) is 1. The maximum atomic E-state index is 13.4. The van der Waals surface area contributed by atoms with Gasteiger partial charge in [0.05, 0.1) is 24.4 Å². The van der Waals surface area contributed by atoms with Gasteiger partial charge in [-0.1, -0.05) is 39.0 Å². The number of carbonyl (C=O) groups is 1. The number of nitrogens with zero attached hydrogens (tertiary/aromatic N) is 3. The lowest BCUT2D eigenvalue weighted by Crippen LogP contribution is -2.28. The van der Waals surface area contributed by atoms with Crippen molar-refractivity contribution in [2.24, 2.45) is 16.3 Å². The predicted octanol–water partition coefficient (Wildman–Crippen LogP) is 6.65. The Labute approximate surface area is 215 Å². The highest BCUT2D eigenvalue weighted by Crippen LogP contribution is 2.45. The van der Waals surface area contributed by atoms with E-state index in [4.69, 9.17) is 9.41 Å². The van der Waals surface area contributed by atoms with Gasteiger partial charge in [0.25, 0.3) is 5.91 Å². The third-order valence-electron chi connectivity index (χ3n) is 7.08. The average molecular weight is 499 g/mol. The molecule has 36 heavy (non-hydrogen) atoms. The largest absolute Gasteiger partial charge is 0.467 e. The van der Waals surface area contributed by atoms with E-state index in [0.29, 0.717) is 18.0 Å². The topological polar surface area (TPSA) is 83.3 Å². The molecule has 0 fully saturated rings. The van der Waals surface area contributed by atoms with E-state index in [-0.39, 0.29) is 17.9 Å². The van der Waals surface area contributed by atoms with Gasteiger partial charge in [-0.25, -0.2) is 4.99 Å². The number of rotatable bonds is 6. The summed E-state index contributed by atoms with van der Waals surface area (Å²) >= 11 is 1.63. The lowest BCUT2D eigenvalue weighted by Gasteiger charge is -2.33. The second kappa shape index (κ2) is 9.79. The summed E-state index contributed by atoms with van der Waals surface area (Å²) in [7, 11) is 0. The van der Waals surface area contributed by atoms with Gasteiger partial charge >= 0.3 is 0 Å². The standard InChI is InChI=1S/C29H30N4O2S/c1-29(2,3)20-10-11-23-25(15-20)36-28(26(23)27(34)31-17-21-7-6-14-35-21)32-16-19-18-33(13-12-30)24-9-5-4-8-22(19)24/h4-9,14,16,18,20H,10-11,13,15,17H2,1-3H3,(H,31,34)/t20-/m1/s1. The Balaban J connectivity index is 1.51. The molecule has 5 rings (SSSR count). The van der Waals surface area contributed by atoms with Crippen LogP contribution in [0.5, 0.6) is 0 Å². The van der Waals surface area contributed by atoms with Gasteiger partial charge in [-0.15, -0.1) is 11.3 Å². The fourth-order valence-electron chi connectivity index (χ4n) is 5.02. The van der Waals surface area contributed by atoms with E-state index in [9.17, 15) is 10.1 Å². The first-order chi connectivity index (χ1) is 17.3. The number of nitriles is 1. The molecular formula is C29H30N4O2S. The van der Waals surface area contributed by atoms with Crippen molar-refractivity contribution in [3.63, 3.8) is 0 Å². The van der Waals surface area contributed by atoms with Gasteiger partial charge in [0, 0.05) is 33.8 Å². The lowest BCUT2D eigenvalue weighted by molar-refractivity contribution is 0.0947. The smallest absolute Gasteiger partial charge is 0.255 e. The van der Waals surface area contributed by atoms with Gasteiger partial charge in [0.15, 0.2) is 0 Å². The number of aliphatic imine (C=N–C) groups is 1. The normalized spacial score (nSPS) is 15.8. The number of furan rings is 1. The van der Waals surface area contributed by atoms with E-state index in [0.717, 1.165) is 52.1 Å². The number of para-hydroxylation sites is 1. The summed E-state index contributed by atoms with van der Waals surface area (Å²) in [4.78, 5) is 19.6. The number of carbonyl (C=O) groups excluding carboxylic acids is 1. The summed E-state index contributed by atoms with van der Waals surface area (Å²) < 4.78 is 7.33. The van der Waals surface area contributed by atoms with Crippen LogP contribution in [-0.4, -0.2) is 16.7 Å². The van der Waals surface area contributed by atoms with Crippen LogP contribution in [0.3, 0.4) is 0 Å². The van der Waals surface area contributed by atoms with E-state index >= 15 is 0 Å². The van der Waals surface area contributed by atoms with Gasteiger partial charge in [-0.05, 0) is 54.4 Å². The highest BCUT2D eigenvalue weighted by molar-refractivity contribution is 7.16. The van der Waals surface area contributed by atoms with Gasteiger partial charge in [0.2, 0.25) is 0 Å².